The number of aromatic nitrogens is 3. The molecule has 2 aromatic heterocycles. The van der Waals surface area contributed by atoms with E-state index in [1.54, 1.807) is 18.2 Å². The molecule has 0 unspecified atom stereocenters. The fourth-order valence-corrected chi connectivity index (χ4v) is 3.34. The quantitative estimate of drug-likeness (QED) is 0.794. The number of amides is 2. The fourth-order valence-electron chi connectivity index (χ4n) is 3.34. The van der Waals surface area contributed by atoms with E-state index in [-0.39, 0.29) is 24.4 Å². The van der Waals surface area contributed by atoms with Crippen molar-refractivity contribution in [2.24, 2.45) is 0 Å². The second kappa shape index (κ2) is 8.27. The first kappa shape index (κ1) is 18.3. The number of nitrogens with zero attached hydrogens (tertiary/aromatic N) is 4. The molecule has 140 valence electrons. The molecule has 0 radical (unpaired) electrons. The highest BCUT2D eigenvalue weighted by molar-refractivity contribution is 5.85. The lowest BCUT2D eigenvalue weighted by Crippen LogP contribution is -2.49. The van der Waals surface area contributed by atoms with Crippen LogP contribution in [0.5, 0.6) is 0 Å². The second-order valence-electron chi connectivity index (χ2n) is 6.57. The molecule has 1 saturated heterocycles. The SMILES string of the molecule is COC[C@@H](C)n1c(CCCC(=O)N2CCNC(=O)C2)nc2cccnc21. The maximum absolute atomic E-state index is 12.3. The molecule has 8 nitrogen and oxygen atoms in total. The van der Waals surface area contributed by atoms with E-state index >= 15 is 0 Å². The summed E-state index contributed by atoms with van der Waals surface area (Å²) in [7, 11) is 1.68. The van der Waals surface area contributed by atoms with Gasteiger partial charge in [0.05, 0.1) is 19.2 Å². The van der Waals surface area contributed by atoms with Crippen molar-refractivity contribution < 1.29 is 14.3 Å². The van der Waals surface area contributed by atoms with Crippen molar-refractivity contribution in [1.29, 1.82) is 0 Å². The highest BCUT2D eigenvalue weighted by Crippen LogP contribution is 2.21. The molecular weight excluding hydrogens is 334 g/mol. The number of rotatable bonds is 7. The number of hydrogen-bond donors (Lipinski definition) is 1. The normalized spacial score (nSPS) is 15.9. The predicted molar refractivity (Wildman–Crippen MR) is 96.6 cm³/mol. The summed E-state index contributed by atoms with van der Waals surface area (Å²) in [6, 6.07) is 3.92. The Balaban J connectivity index is 1.67. The Bertz CT molecular complexity index is 788. The summed E-state index contributed by atoms with van der Waals surface area (Å²) < 4.78 is 7.38. The number of pyridine rings is 1. The van der Waals surface area contributed by atoms with E-state index in [0.717, 1.165) is 17.0 Å². The van der Waals surface area contributed by atoms with Crippen LogP contribution >= 0.6 is 0 Å². The molecule has 0 saturated carbocycles. The van der Waals surface area contributed by atoms with E-state index in [9.17, 15) is 9.59 Å². The minimum atomic E-state index is -0.0918. The zero-order valence-corrected chi connectivity index (χ0v) is 15.3. The molecule has 0 spiro atoms. The van der Waals surface area contributed by atoms with Crippen LogP contribution in [0.4, 0.5) is 0 Å². The average molecular weight is 359 g/mol. The van der Waals surface area contributed by atoms with Gasteiger partial charge in [-0.05, 0) is 25.5 Å². The third-order valence-electron chi connectivity index (χ3n) is 4.55. The minimum absolute atomic E-state index is 0.0191. The lowest BCUT2D eigenvalue weighted by molar-refractivity contribution is -0.138. The Morgan fingerprint density at radius 1 is 1.46 bits per heavy atom. The Labute approximate surface area is 152 Å². The molecular formula is C18H25N5O3. The van der Waals surface area contributed by atoms with Crippen molar-refractivity contribution in [3.8, 4) is 0 Å². The van der Waals surface area contributed by atoms with Gasteiger partial charge in [-0.1, -0.05) is 0 Å². The number of ether oxygens (including phenoxy) is 1. The van der Waals surface area contributed by atoms with Crippen LogP contribution in [0.2, 0.25) is 0 Å². The summed E-state index contributed by atoms with van der Waals surface area (Å²) in [5.74, 6) is 0.837. The summed E-state index contributed by atoms with van der Waals surface area (Å²) in [5, 5.41) is 2.73. The van der Waals surface area contributed by atoms with E-state index in [0.29, 0.717) is 39.0 Å². The van der Waals surface area contributed by atoms with Crippen molar-refractivity contribution in [2.45, 2.75) is 32.2 Å². The maximum atomic E-state index is 12.3. The Morgan fingerprint density at radius 2 is 2.31 bits per heavy atom. The fraction of sp³-hybridized carbons (Fsp3) is 0.556. The van der Waals surface area contributed by atoms with Crippen LogP contribution in [0.1, 0.15) is 31.6 Å². The number of piperazine rings is 1. The molecule has 2 amide bonds. The molecule has 1 fully saturated rings. The summed E-state index contributed by atoms with van der Waals surface area (Å²) in [6.07, 6.45) is 3.52. The molecule has 1 aliphatic rings. The molecule has 1 atom stereocenters. The average Bonchev–Trinajstić information content (AvgIpc) is 3.00. The zero-order chi connectivity index (χ0) is 18.5. The first-order chi connectivity index (χ1) is 12.6. The number of aryl methyl sites for hydroxylation is 1. The molecule has 2 aromatic rings. The number of carbonyl (C=O) groups is 2. The standard InChI is InChI=1S/C18H25N5O3/c1-13(12-26-2)23-15(21-14-5-4-8-20-18(14)23)6-3-7-17(25)22-10-9-19-16(24)11-22/h4-5,8,13H,3,6-7,9-12H2,1-2H3,(H,19,24)/t13-/m1/s1. The molecule has 3 heterocycles. The van der Waals surface area contributed by atoms with Crippen molar-refractivity contribution in [3.05, 3.63) is 24.2 Å². The largest absolute Gasteiger partial charge is 0.383 e. The van der Waals surface area contributed by atoms with Crippen LogP contribution in [0.15, 0.2) is 18.3 Å². The zero-order valence-electron chi connectivity index (χ0n) is 15.3. The smallest absolute Gasteiger partial charge is 0.239 e. The second-order valence-corrected chi connectivity index (χ2v) is 6.57. The van der Waals surface area contributed by atoms with E-state index in [2.05, 4.69) is 21.8 Å². The molecule has 1 aliphatic heterocycles. The molecule has 26 heavy (non-hydrogen) atoms. The van der Waals surface area contributed by atoms with Gasteiger partial charge in [0.2, 0.25) is 11.8 Å². The third kappa shape index (κ3) is 4.01. The van der Waals surface area contributed by atoms with Gasteiger partial charge in [-0.25, -0.2) is 9.97 Å². The van der Waals surface area contributed by atoms with Crippen molar-refractivity contribution in [2.75, 3.05) is 33.4 Å². The van der Waals surface area contributed by atoms with Gasteiger partial charge in [-0.15, -0.1) is 0 Å². The van der Waals surface area contributed by atoms with E-state index in [4.69, 9.17) is 9.72 Å². The van der Waals surface area contributed by atoms with E-state index < -0.39 is 0 Å². The number of methoxy groups -OCH3 is 1. The Hall–Kier alpha value is -2.48. The number of nitrogens with one attached hydrogen (secondary N) is 1. The van der Waals surface area contributed by atoms with E-state index in [1.807, 2.05) is 12.1 Å². The van der Waals surface area contributed by atoms with Gasteiger partial charge in [0.1, 0.15) is 11.3 Å². The third-order valence-corrected chi connectivity index (χ3v) is 4.55. The first-order valence-electron chi connectivity index (χ1n) is 8.95. The van der Waals surface area contributed by atoms with Crippen LogP contribution in [-0.2, 0) is 20.7 Å². The highest BCUT2D eigenvalue weighted by Gasteiger charge is 2.21. The summed E-state index contributed by atoms with van der Waals surface area (Å²) in [6.45, 7) is 3.90. The van der Waals surface area contributed by atoms with Gasteiger partial charge < -0.3 is 19.5 Å². The van der Waals surface area contributed by atoms with Gasteiger partial charge >= 0.3 is 0 Å². The lowest BCUT2D eigenvalue weighted by atomic mass is 10.2. The van der Waals surface area contributed by atoms with Crippen LogP contribution in [0.25, 0.3) is 11.2 Å². The van der Waals surface area contributed by atoms with Gasteiger partial charge in [-0.3, -0.25) is 9.59 Å². The summed E-state index contributed by atoms with van der Waals surface area (Å²) in [5.41, 5.74) is 1.69. The molecule has 0 bridgehead atoms. The van der Waals surface area contributed by atoms with Crippen LogP contribution in [-0.4, -0.2) is 64.6 Å². The number of carbonyl (C=O) groups excluding carboxylic acids is 2. The van der Waals surface area contributed by atoms with Gasteiger partial charge in [0.15, 0.2) is 5.65 Å². The van der Waals surface area contributed by atoms with Crippen LogP contribution in [0, 0.1) is 0 Å². The predicted octanol–water partition coefficient (Wildman–Crippen LogP) is 0.920. The van der Waals surface area contributed by atoms with Crippen LogP contribution < -0.4 is 5.32 Å². The van der Waals surface area contributed by atoms with Gasteiger partial charge in [0, 0.05) is 39.2 Å². The molecule has 3 rings (SSSR count). The van der Waals surface area contributed by atoms with Gasteiger partial charge in [0.25, 0.3) is 0 Å². The van der Waals surface area contributed by atoms with Crippen molar-refractivity contribution in [3.63, 3.8) is 0 Å². The summed E-state index contributed by atoms with van der Waals surface area (Å²) in [4.78, 5) is 34.5. The number of imidazole rings is 1. The number of hydrogen-bond acceptors (Lipinski definition) is 5. The van der Waals surface area contributed by atoms with Gasteiger partial charge in [-0.2, -0.15) is 0 Å². The minimum Gasteiger partial charge on any atom is -0.383 e. The number of fused-ring (bicyclic) bond motifs is 1. The Kier molecular flexibility index (Phi) is 5.82. The first-order valence-corrected chi connectivity index (χ1v) is 8.95. The lowest BCUT2D eigenvalue weighted by Gasteiger charge is -2.26. The highest BCUT2D eigenvalue weighted by atomic mass is 16.5. The molecule has 0 aliphatic carbocycles. The maximum Gasteiger partial charge on any atom is 0.239 e. The van der Waals surface area contributed by atoms with Crippen molar-refractivity contribution >= 4 is 23.0 Å². The topological polar surface area (TPSA) is 89.4 Å². The Morgan fingerprint density at radius 3 is 3.08 bits per heavy atom. The molecule has 1 N–H and O–H groups in total. The molecule has 0 aromatic carbocycles. The summed E-state index contributed by atoms with van der Waals surface area (Å²) >= 11 is 0. The molecule has 8 heteroatoms. The van der Waals surface area contributed by atoms with E-state index in [1.165, 1.54) is 0 Å². The van der Waals surface area contributed by atoms with Crippen molar-refractivity contribution in [1.82, 2.24) is 24.8 Å². The van der Waals surface area contributed by atoms with Crippen LogP contribution in [0.3, 0.4) is 0 Å². The monoisotopic (exact) mass is 359 g/mol.